The van der Waals surface area contributed by atoms with E-state index in [1.807, 2.05) is 48.5 Å². The summed E-state index contributed by atoms with van der Waals surface area (Å²) in [6, 6.07) is 25.8. The van der Waals surface area contributed by atoms with Gasteiger partial charge in [-0.2, -0.15) is 0 Å². The zero-order valence-electron chi connectivity index (χ0n) is 22.4. The maximum Gasteiger partial charge on any atom is 0.196 e. The summed E-state index contributed by atoms with van der Waals surface area (Å²) in [5.74, 6) is -0.107. The highest BCUT2D eigenvalue weighted by molar-refractivity contribution is 6.03. The first kappa shape index (κ1) is 27.7. The molecular formula is C31H34O7. The Morgan fingerprint density at radius 2 is 1.29 bits per heavy atom. The van der Waals surface area contributed by atoms with E-state index in [0.29, 0.717) is 11.1 Å². The third kappa shape index (κ3) is 6.19. The van der Waals surface area contributed by atoms with Gasteiger partial charge in [0.2, 0.25) is 0 Å². The predicted octanol–water partition coefficient (Wildman–Crippen LogP) is 5.79. The Kier molecular flexibility index (Phi) is 8.13. The van der Waals surface area contributed by atoms with Crippen LogP contribution in [0.5, 0.6) is 5.75 Å². The normalized spacial score (nSPS) is 25.8. The van der Waals surface area contributed by atoms with Crippen molar-refractivity contribution in [2.45, 2.75) is 51.0 Å². The van der Waals surface area contributed by atoms with Crippen molar-refractivity contribution in [1.82, 2.24) is 0 Å². The zero-order chi connectivity index (χ0) is 27.4. The Hall–Kier alpha value is -3.36. The molecule has 2 aliphatic heterocycles. The van der Waals surface area contributed by atoms with Gasteiger partial charge in [0.05, 0.1) is 20.3 Å². The minimum Gasteiger partial charge on any atom is -0.497 e. The van der Waals surface area contributed by atoms with E-state index in [2.05, 4.69) is 0 Å². The van der Waals surface area contributed by atoms with E-state index < -0.39 is 23.3 Å². The lowest BCUT2D eigenvalue weighted by molar-refractivity contribution is -0.148. The first-order chi connectivity index (χ1) is 18.1. The van der Waals surface area contributed by atoms with Gasteiger partial charge < -0.3 is 23.7 Å². The van der Waals surface area contributed by atoms with Crippen LogP contribution in [0.2, 0.25) is 0 Å². The molecule has 3 atom stereocenters. The highest BCUT2D eigenvalue weighted by Crippen LogP contribution is 2.35. The first-order valence-electron chi connectivity index (χ1n) is 12.5. The van der Waals surface area contributed by atoms with E-state index in [4.69, 9.17) is 23.7 Å². The van der Waals surface area contributed by atoms with Crippen LogP contribution < -0.4 is 4.74 Å². The number of carbonyl (C=O) groups is 2. The second-order valence-corrected chi connectivity index (χ2v) is 10.2. The number of ketones is 2. The van der Waals surface area contributed by atoms with E-state index in [1.54, 1.807) is 71.2 Å². The molecule has 0 N–H and O–H groups in total. The lowest BCUT2D eigenvalue weighted by atomic mass is 9.95. The summed E-state index contributed by atoms with van der Waals surface area (Å²) in [7, 11) is 1.59. The van der Waals surface area contributed by atoms with Crippen LogP contribution >= 0.6 is 0 Å². The van der Waals surface area contributed by atoms with E-state index in [-0.39, 0.29) is 24.8 Å². The molecule has 2 saturated heterocycles. The number of benzene rings is 3. The van der Waals surface area contributed by atoms with E-state index in [9.17, 15) is 9.59 Å². The quantitative estimate of drug-likeness (QED) is 0.382. The van der Waals surface area contributed by atoms with Crippen molar-refractivity contribution < 1.29 is 33.3 Å². The van der Waals surface area contributed by atoms with Gasteiger partial charge >= 0.3 is 0 Å². The maximum absolute atomic E-state index is 12.5. The number of Topliss-reactive ketones (excluding diaryl/α,β-unsaturated/α-hetero) is 2. The summed E-state index contributed by atoms with van der Waals surface area (Å²) in [6.45, 7) is 7.68. The SMILES string of the molecule is CC1(C(=O)c2ccccc2)COC(c2ccccc2)O1.COc1ccc(C(=O)C2(C)COC(C)(C)O2)cc1. The van der Waals surface area contributed by atoms with Gasteiger partial charge in [0.1, 0.15) is 5.75 Å². The van der Waals surface area contributed by atoms with Gasteiger partial charge in [0.25, 0.3) is 0 Å². The number of hydrogen-bond acceptors (Lipinski definition) is 7. The number of methoxy groups -OCH3 is 1. The molecular weight excluding hydrogens is 484 g/mol. The third-order valence-corrected chi connectivity index (χ3v) is 6.46. The molecule has 3 aromatic carbocycles. The zero-order valence-corrected chi connectivity index (χ0v) is 22.4. The van der Waals surface area contributed by atoms with Crippen LogP contribution in [-0.4, -0.2) is 48.9 Å². The van der Waals surface area contributed by atoms with Crippen LogP contribution in [0.25, 0.3) is 0 Å². The molecule has 0 bridgehead atoms. The molecule has 0 saturated carbocycles. The lowest BCUT2D eigenvalue weighted by Gasteiger charge is -2.23. The summed E-state index contributed by atoms with van der Waals surface area (Å²) in [6.07, 6.45) is -0.478. The lowest BCUT2D eigenvalue weighted by Crippen LogP contribution is -2.39. The molecule has 0 spiro atoms. The molecule has 0 radical (unpaired) electrons. The summed E-state index contributed by atoms with van der Waals surface area (Å²) in [5.41, 5.74) is 0.323. The molecule has 5 rings (SSSR count). The average Bonchev–Trinajstić information content (AvgIpc) is 3.49. The van der Waals surface area contributed by atoms with Gasteiger partial charge in [0, 0.05) is 16.7 Å². The Morgan fingerprint density at radius 1 is 0.737 bits per heavy atom. The van der Waals surface area contributed by atoms with Crippen LogP contribution in [0.4, 0.5) is 0 Å². The molecule has 7 nitrogen and oxygen atoms in total. The van der Waals surface area contributed by atoms with Crippen LogP contribution in [0.1, 0.15) is 60.3 Å². The first-order valence-corrected chi connectivity index (χ1v) is 12.5. The highest BCUT2D eigenvalue weighted by Gasteiger charge is 2.47. The fraction of sp³-hybridized carbons (Fsp3) is 0.355. The number of ether oxygens (including phenoxy) is 5. The topological polar surface area (TPSA) is 80.3 Å². The summed E-state index contributed by atoms with van der Waals surface area (Å²) >= 11 is 0. The van der Waals surface area contributed by atoms with Crippen molar-refractivity contribution in [3.05, 3.63) is 102 Å². The van der Waals surface area contributed by atoms with Crippen LogP contribution in [0, 0.1) is 0 Å². The molecule has 0 aromatic heterocycles. The van der Waals surface area contributed by atoms with E-state index in [1.165, 1.54) is 0 Å². The molecule has 38 heavy (non-hydrogen) atoms. The number of rotatable bonds is 6. The van der Waals surface area contributed by atoms with Gasteiger partial charge in [-0.1, -0.05) is 60.7 Å². The summed E-state index contributed by atoms with van der Waals surface area (Å²) < 4.78 is 27.8. The minimum absolute atomic E-state index is 0.0449. The molecule has 2 heterocycles. The molecule has 3 unspecified atom stereocenters. The van der Waals surface area contributed by atoms with Crippen LogP contribution in [-0.2, 0) is 18.9 Å². The summed E-state index contributed by atoms with van der Waals surface area (Å²) in [5, 5.41) is 0. The Bertz CT molecular complexity index is 1240. The monoisotopic (exact) mass is 518 g/mol. The largest absolute Gasteiger partial charge is 0.497 e. The van der Waals surface area contributed by atoms with Crippen LogP contribution in [0.15, 0.2) is 84.9 Å². The maximum atomic E-state index is 12.5. The predicted molar refractivity (Wildman–Crippen MR) is 142 cm³/mol. The van der Waals surface area contributed by atoms with Crippen molar-refractivity contribution in [3.8, 4) is 5.75 Å². The van der Waals surface area contributed by atoms with Gasteiger partial charge in [-0.05, 0) is 52.0 Å². The van der Waals surface area contributed by atoms with Crippen molar-refractivity contribution in [2.24, 2.45) is 0 Å². The molecule has 2 aliphatic rings. The fourth-order valence-corrected chi connectivity index (χ4v) is 4.40. The van der Waals surface area contributed by atoms with Crippen molar-refractivity contribution in [2.75, 3.05) is 20.3 Å². The second kappa shape index (κ2) is 11.2. The van der Waals surface area contributed by atoms with Crippen LogP contribution in [0.3, 0.4) is 0 Å². The second-order valence-electron chi connectivity index (χ2n) is 10.2. The molecule has 0 amide bonds. The van der Waals surface area contributed by atoms with Crippen molar-refractivity contribution in [3.63, 3.8) is 0 Å². The van der Waals surface area contributed by atoms with Gasteiger partial charge in [-0.15, -0.1) is 0 Å². The smallest absolute Gasteiger partial charge is 0.196 e. The van der Waals surface area contributed by atoms with Crippen molar-refractivity contribution >= 4 is 11.6 Å². The minimum atomic E-state index is -0.929. The highest BCUT2D eigenvalue weighted by atomic mass is 16.8. The molecule has 200 valence electrons. The molecule has 7 heteroatoms. The molecule has 0 aliphatic carbocycles. The average molecular weight is 519 g/mol. The van der Waals surface area contributed by atoms with Gasteiger partial charge in [-0.25, -0.2) is 0 Å². The number of hydrogen-bond donors (Lipinski definition) is 0. The Balaban J connectivity index is 0.000000178. The van der Waals surface area contributed by atoms with E-state index >= 15 is 0 Å². The Morgan fingerprint density at radius 3 is 1.84 bits per heavy atom. The fourth-order valence-electron chi connectivity index (χ4n) is 4.40. The van der Waals surface area contributed by atoms with E-state index in [0.717, 1.165) is 11.3 Å². The molecule has 3 aromatic rings. The van der Waals surface area contributed by atoms with Gasteiger partial charge in [-0.3, -0.25) is 9.59 Å². The summed E-state index contributed by atoms with van der Waals surface area (Å²) in [4.78, 5) is 25.0. The number of carbonyl (C=O) groups excluding carboxylic acids is 2. The third-order valence-electron chi connectivity index (χ3n) is 6.46. The van der Waals surface area contributed by atoms with Crippen molar-refractivity contribution in [1.29, 1.82) is 0 Å². The molecule has 2 fully saturated rings. The van der Waals surface area contributed by atoms with Gasteiger partial charge in [0.15, 0.2) is 34.8 Å². The Labute approximate surface area is 223 Å². The standard InChI is InChI=1S/C17H16O3.C14H18O4/c1-17(15(18)13-8-4-2-5-9-13)12-19-16(20-17)14-10-6-3-7-11-14;1-13(2)17-9-14(3,18-13)12(15)10-5-7-11(16-4)8-6-10/h2-11,16H,12H2,1H3;5-8H,9H2,1-4H3.